The van der Waals surface area contributed by atoms with Gasteiger partial charge in [0.05, 0.1) is 0 Å². The molecule has 0 bridgehead atoms. The zero-order valence-corrected chi connectivity index (χ0v) is 12.3. The summed E-state index contributed by atoms with van der Waals surface area (Å²) in [5.41, 5.74) is -0.518. The summed E-state index contributed by atoms with van der Waals surface area (Å²) in [5, 5.41) is 9.06. The summed E-state index contributed by atoms with van der Waals surface area (Å²) in [7, 11) is 0. The van der Waals surface area contributed by atoms with Gasteiger partial charge in [-0.25, -0.2) is 13.6 Å². The molecule has 0 saturated carbocycles. The fourth-order valence-electron chi connectivity index (χ4n) is 1.92. The average molecular weight is 294 g/mol. The molecule has 1 unspecified atom stereocenters. The maximum Gasteiger partial charge on any atom is 0.410 e. The lowest BCUT2D eigenvalue weighted by Crippen LogP contribution is -2.50. The van der Waals surface area contributed by atoms with Crippen molar-refractivity contribution < 1.29 is 23.4 Å². The van der Waals surface area contributed by atoms with E-state index in [1.807, 2.05) is 25.7 Å². The van der Waals surface area contributed by atoms with Gasteiger partial charge in [0.25, 0.3) is 6.43 Å². The number of hydrogen-bond acceptors (Lipinski definition) is 4. The average Bonchev–Trinajstić information content (AvgIpc) is 2.34. The van der Waals surface area contributed by atoms with Crippen LogP contribution in [0.4, 0.5) is 13.6 Å². The van der Waals surface area contributed by atoms with Crippen LogP contribution in [-0.4, -0.2) is 71.9 Å². The fourth-order valence-corrected chi connectivity index (χ4v) is 1.92. The fraction of sp³-hybridized carbons (Fsp3) is 0.923. The highest BCUT2D eigenvalue weighted by Crippen LogP contribution is 2.12. The molecule has 7 heteroatoms. The summed E-state index contributed by atoms with van der Waals surface area (Å²) < 4.78 is 29.6. The number of carbonyl (C=O) groups excluding carboxylic acids is 1. The Bertz CT molecular complexity index is 313. The van der Waals surface area contributed by atoms with E-state index in [0.29, 0.717) is 32.7 Å². The van der Waals surface area contributed by atoms with Crippen molar-refractivity contribution in [2.75, 3.05) is 32.7 Å². The lowest BCUT2D eigenvalue weighted by atomic mass is 10.2. The molecule has 0 radical (unpaired) electrons. The Labute approximate surface area is 118 Å². The number of piperazine rings is 1. The molecule has 5 nitrogen and oxygen atoms in total. The Balaban J connectivity index is 2.28. The third kappa shape index (κ3) is 6.00. The highest BCUT2D eigenvalue weighted by Gasteiger charge is 2.26. The first kappa shape index (κ1) is 17.1. The Kier molecular flexibility index (Phi) is 6.13. The van der Waals surface area contributed by atoms with Crippen molar-refractivity contribution in [2.24, 2.45) is 0 Å². The van der Waals surface area contributed by atoms with Crippen molar-refractivity contribution in [3.63, 3.8) is 0 Å². The van der Waals surface area contributed by atoms with Gasteiger partial charge in [0, 0.05) is 32.7 Å². The van der Waals surface area contributed by atoms with Crippen molar-refractivity contribution in [2.45, 2.75) is 45.3 Å². The van der Waals surface area contributed by atoms with E-state index in [1.54, 1.807) is 4.90 Å². The van der Waals surface area contributed by atoms with Gasteiger partial charge < -0.3 is 14.7 Å². The molecule has 118 valence electrons. The first-order valence-corrected chi connectivity index (χ1v) is 6.85. The third-order valence-corrected chi connectivity index (χ3v) is 3.06. The maximum atomic E-state index is 12.2. The van der Waals surface area contributed by atoms with E-state index < -0.39 is 18.1 Å². The molecule has 1 atom stereocenters. The number of rotatable bonds is 4. The molecule has 0 aromatic rings. The minimum atomic E-state index is -2.70. The predicted octanol–water partition coefficient (Wildman–Crippen LogP) is 1.56. The Morgan fingerprint density at radius 3 is 2.25 bits per heavy atom. The molecule has 1 heterocycles. The number of aliphatic hydroxyl groups is 1. The molecular formula is C13H24F2N2O3. The molecule has 0 aliphatic carbocycles. The predicted molar refractivity (Wildman–Crippen MR) is 70.9 cm³/mol. The number of amides is 1. The normalized spacial score (nSPS) is 19.2. The molecule has 1 amide bonds. The summed E-state index contributed by atoms with van der Waals surface area (Å²) in [4.78, 5) is 15.4. The van der Waals surface area contributed by atoms with Gasteiger partial charge in [-0.3, -0.25) is 4.90 Å². The van der Waals surface area contributed by atoms with Gasteiger partial charge in [0.1, 0.15) is 11.7 Å². The number of carbonyl (C=O) groups is 1. The van der Waals surface area contributed by atoms with Gasteiger partial charge in [-0.1, -0.05) is 0 Å². The van der Waals surface area contributed by atoms with Crippen LogP contribution in [0.3, 0.4) is 0 Å². The molecule has 1 fully saturated rings. The largest absolute Gasteiger partial charge is 0.444 e. The Morgan fingerprint density at radius 1 is 1.25 bits per heavy atom. The second-order valence-electron chi connectivity index (χ2n) is 6.00. The standard InChI is InChI=1S/C13H24F2N2O3/c1-13(2,3)20-12(19)17-8-6-16(7-9-17)5-4-10(18)11(14)15/h10-11,18H,4-9H2,1-3H3. The summed E-state index contributed by atoms with van der Waals surface area (Å²) in [5.74, 6) is 0. The van der Waals surface area contributed by atoms with E-state index in [-0.39, 0.29) is 12.5 Å². The number of hydrogen-bond donors (Lipinski definition) is 1. The van der Waals surface area contributed by atoms with Crippen LogP contribution in [0.25, 0.3) is 0 Å². The monoisotopic (exact) mass is 294 g/mol. The molecule has 1 rings (SSSR count). The zero-order valence-electron chi connectivity index (χ0n) is 12.3. The third-order valence-electron chi connectivity index (χ3n) is 3.06. The highest BCUT2D eigenvalue weighted by molar-refractivity contribution is 5.68. The molecule has 0 aromatic heterocycles. The molecule has 0 spiro atoms. The topological polar surface area (TPSA) is 53.0 Å². The number of alkyl halides is 2. The lowest BCUT2D eigenvalue weighted by Gasteiger charge is -2.35. The zero-order chi connectivity index (χ0) is 15.3. The quantitative estimate of drug-likeness (QED) is 0.855. The molecule has 1 saturated heterocycles. The number of aliphatic hydroxyl groups excluding tert-OH is 1. The first-order chi connectivity index (χ1) is 9.19. The van der Waals surface area contributed by atoms with Gasteiger partial charge in [-0.15, -0.1) is 0 Å². The Hall–Kier alpha value is -0.950. The van der Waals surface area contributed by atoms with Crippen molar-refractivity contribution in [3.05, 3.63) is 0 Å². The summed E-state index contributed by atoms with van der Waals surface area (Å²) >= 11 is 0. The van der Waals surface area contributed by atoms with E-state index in [1.165, 1.54) is 0 Å². The van der Waals surface area contributed by atoms with E-state index in [4.69, 9.17) is 9.84 Å². The minimum absolute atomic E-state index is 0.0457. The molecule has 1 aliphatic heterocycles. The smallest absolute Gasteiger partial charge is 0.410 e. The van der Waals surface area contributed by atoms with Crippen LogP contribution in [0.2, 0.25) is 0 Å². The number of halogens is 2. The number of nitrogens with zero attached hydrogens (tertiary/aromatic N) is 2. The van der Waals surface area contributed by atoms with Gasteiger partial charge in [0.2, 0.25) is 0 Å². The van der Waals surface area contributed by atoms with Crippen molar-refractivity contribution >= 4 is 6.09 Å². The summed E-state index contributed by atoms with van der Waals surface area (Å²) in [6, 6.07) is 0. The lowest BCUT2D eigenvalue weighted by molar-refractivity contribution is -0.0173. The summed E-state index contributed by atoms with van der Waals surface area (Å²) in [6.45, 7) is 8.09. The molecule has 1 N–H and O–H groups in total. The van der Waals surface area contributed by atoms with E-state index in [0.717, 1.165) is 0 Å². The van der Waals surface area contributed by atoms with Crippen molar-refractivity contribution in [1.82, 2.24) is 9.80 Å². The van der Waals surface area contributed by atoms with Crippen LogP contribution in [0, 0.1) is 0 Å². The van der Waals surface area contributed by atoms with Crippen LogP contribution >= 0.6 is 0 Å². The molecule has 0 aromatic carbocycles. The van der Waals surface area contributed by atoms with E-state index in [2.05, 4.69) is 0 Å². The second kappa shape index (κ2) is 7.17. The van der Waals surface area contributed by atoms with E-state index >= 15 is 0 Å². The molecule has 1 aliphatic rings. The Morgan fingerprint density at radius 2 is 1.80 bits per heavy atom. The van der Waals surface area contributed by atoms with Crippen LogP contribution in [-0.2, 0) is 4.74 Å². The van der Waals surface area contributed by atoms with Gasteiger partial charge in [-0.2, -0.15) is 0 Å². The van der Waals surface area contributed by atoms with Crippen LogP contribution in [0.5, 0.6) is 0 Å². The maximum absolute atomic E-state index is 12.2. The highest BCUT2D eigenvalue weighted by atomic mass is 19.3. The SMILES string of the molecule is CC(C)(C)OC(=O)N1CCN(CCC(O)C(F)F)CC1. The van der Waals surface area contributed by atoms with Crippen molar-refractivity contribution in [1.29, 1.82) is 0 Å². The molecular weight excluding hydrogens is 270 g/mol. The van der Waals surface area contributed by atoms with Crippen LogP contribution < -0.4 is 0 Å². The van der Waals surface area contributed by atoms with Crippen molar-refractivity contribution in [3.8, 4) is 0 Å². The van der Waals surface area contributed by atoms with Crippen LogP contribution in [0.15, 0.2) is 0 Å². The summed E-state index contributed by atoms with van der Waals surface area (Å²) in [6.07, 6.45) is -4.56. The van der Waals surface area contributed by atoms with Crippen LogP contribution in [0.1, 0.15) is 27.2 Å². The first-order valence-electron chi connectivity index (χ1n) is 6.85. The number of ether oxygens (including phenoxy) is 1. The minimum Gasteiger partial charge on any atom is -0.444 e. The van der Waals surface area contributed by atoms with Gasteiger partial charge in [0.15, 0.2) is 0 Å². The molecule has 20 heavy (non-hydrogen) atoms. The van der Waals surface area contributed by atoms with E-state index in [9.17, 15) is 13.6 Å². The van der Waals surface area contributed by atoms with Gasteiger partial charge in [-0.05, 0) is 27.2 Å². The van der Waals surface area contributed by atoms with Gasteiger partial charge >= 0.3 is 6.09 Å². The second-order valence-corrected chi connectivity index (χ2v) is 6.00.